The summed E-state index contributed by atoms with van der Waals surface area (Å²) in [5.41, 5.74) is 0. The molecule has 0 aromatic carbocycles. The van der Waals surface area contributed by atoms with Crippen molar-refractivity contribution in [2.45, 2.75) is 32.1 Å². The van der Waals surface area contributed by atoms with Crippen molar-refractivity contribution in [3.63, 3.8) is 0 Å². The van der Waals surface area contributed by atoms with E-state index in [1.807, 2.05) is 13.8 Å². The summed E-state index contributed by atoms with van der Waals surface area (Å²) in [7, 11) is 0. The summed E-state index contributed by atoms with van der Waals surface area (Å²) in [6, 6.07) is 0. The molecule has 0 amide bonds. The summed E-state index contributed by atoms with van der Waals surface area (Å²) in [5, 5.41) is 3.61. The van der Waals surface area contributed by atoms with Crippen LogP contribution < -0.4 is 5.32 Å². The van der Waals surface area contributed by atoms with Crippen molar-refractivity contribution < 1.29 is 0 Å². The second-order valence-corrected chi connectivity index (χ2v) is 3.44. The Hall–Kier alpha value is -0.0100. The molecule has 1 nitrogen and oxygen atoms in total. The number of hydrogen-bond donors (Lipinski definition) is 1. The zero-order valence-electron chi connectivity index (χ0n) is 7.44. The Kier molecular flexibility index (Phi) is 8.08. The van der Waals surface area contributed by atoms with Gasteiger partial charge in [-0.05, 0) is 33.2 Å². The normalized spacial score (nSPS) is 14.1. The van der Waals surface area contributed by atoms with E-state index in [-0.39, 0.29) is 0 Å². The van der Waals surface area contributed by atoms with Gasteiger partial charge in [-0.15, -0.1) is 11.6 Å². The third kappa shape index (κ3) is 9.99. The van der Waals surface area contributed by atoms with Crippen LogP contribution in [0.25, 0.3) is 0 Å². The van der Waals surface area contributed by atoms with E-state index in [0.29, 0.717) is 5.38 Å². The van der Waals surface area contributed by atoms with Crippen LogP contribution in [0.15, 0.2) is 12.2 Å². The van der Waals surface area contributed by atoms with Gasteiger partial charge in [-0.3, -0.25) is 0 Å². The first-order valence-electron chi connectivity index (χ1n) is 4.23. The molecule has 0 aliphatic carbocycles. The molecule has 11 heavy (non-hydrogen) atoms. The van der Waals surface area contributed by atoms with Crippen LogP contribution in [0.4, 0.5) is 0 Å². The molecule has 1 unspecified atom stereocenters. The van der Waals surface area contributed by atoms with E-state index >= 15 is 0 Å². The smallest absolute Gasteiger partial charge is 0.0308 e. The Bertz CT molecular complexity index is 99.7. The van der Waals surface area contributed by atoms with Crippen molar-refractivity contribution in [2.24, 2.45) is 0 Å². The van der Waals surface area contributed by atoms with Crippen molar-refractivity contribution in [3.05, 3.63) is 12.2 Å². The third-order valence-electron chi connectivity index (χ3n) is 1.45. The van der Waals surface area contributed by atoms with Gasteiger partial charge in [-0.1, -0.05) is 12.2 Å². The summed E-state index contributed by atoms with van der Waals surface area (Å²) < 4.78 is 0. The van der Waals surface area contributed by atoms with Crippen LogP contribution in [-0.2, 0) is 0 Å². The van der Waals surface area contributed by atoms with Crippen molar-refractivity contribution in [3.8, 4) is 0 Å². The standard InChI is InChI=1S/C9H18ClN/c1-3-4-7-11-8-5-6-9(2)10/h3-4,9,11H,5-8H2,1-2H3/b4-3+. The van der Waals surface area contributed by atoms with Crippen LogP contribution in [0.5, 0.6) is 0 Å². The van der Waals surface area contributed by atoms with Gasteiger partial charge in [0.2, 0.25) is 0 Å². The SMILES string of the molecule is C/C=C/CNCCCC(C)Cl. The van der Waals surface area contributed by atoms with Gasteiger partial charge in [-0.25, -0.2) is 0 Å². The molecule has 0 spiro atoms. The fraction of sp³-hybridized carbons (Fsp3) is 0.778. The van der Waals surface area contributed by atoms with Gasteiger partial charge in [0.15, 0.2) is 0 Å². The lowest BCUT2D eigenvalue weighted by Crippen LogP contribution is -2.15. The molecule has 0 bridgehead atoms. The summed E-state index contributed by atoms with van der Waals surface area (Å²) in [4.78, 5) is 0. The van der Waals surface area contributed by atoms with Gasteiger partial charge < -0.3 is 5.32 Å². The monoisotopic (exact) mass is 175 g/mol. The quantitative estimate of drug-likeness (QED) is 0.372. The molecule has 0 aliphatic heterocycles. The molecule has 0 radical (unpaired) electrons. The van der Waals surface area contributed by atoms with Crippen LogP contribution >= 0.6 is 11.6 Å². The minimum absolute atomic E-state index is 0.318. The van der Waals surface area contributed by atoms with Crippen LogP contribution in [0.2, 0.25) is 0 Å². The highest BCUT2D eigenvalue weighted by Crippen LogP contribution is 2.01. The fourth-order valence-electron chi connectivity index (χ4n) is 0.812. The lowest BCUT2D eigenvalue weighted by molar-refractivity contribution is 0.650. The Labute approximate surface area is 74.8 Å². The van der Waals surface area contributed by atoms with Gasteiger partial charge in [-0.2, -0.15) is 0 Å². The molecule has 0 heterocycles. The number of allylic oxidation sites excluding steroid dienone is 1. The lowest BCUT2D eigenvalue weighted by Gasteiger charge is -2.02. The maximum absolute atomic E-state index is 5.78. The minimum atomic E-state index is 0.318. The maximum atomic E-state index is 5.78. The number of rotatable bonds is 6. The molecule has 0 aromatic rings. The molecule has 2 heteroatoms. The summed E-state index contributed by atoms with van der Waals surface area (Å²) in [6.07, 6.45) is 6.44. The molecule has 0 fully saturated rings. The summed E-state index contributed by atoms with van der Waals surface area (Å²) in [6.45, 7) is 6.12. The first-order chi connectivity index (χ1) is 5.27. The second-order valence-electron chi connectivity index (χ2n) is 2.70. The van der Waals surface area contributed by atoms with E-state index in [2.05, 4.69) is 17.5 Å². The Balaban J connectivity index is 2.91. The Morgan fingerprint density at radius 1 is 1.55 bits per heavy atom. The van der Waals surface area contributed by atoms with Crippen LogP contribution in [-0.4, -0.2) is 18.5 Å². The maximum Gasteiger partial charge on any atom is 0.0308 e. The van der Waals surface area contributed by atoms with Gasteiger partial charge in [0, 0.05) is 11.9 Å². The number of halogens is 1. The van der Waals surface area contributed by atoms with Crippen LogP contribution in [0, 0.1) is 0 Å². The molecule has 0 saturated carbocycles. The highest BCUT2D eigenvalue weighted by molar-refractivity contribution is 6.20. The molecular weight excluding hydrogens is 158 g/mol. The van der Waals surface area contributed by atoms with E-state index < -0.39 is 0 Å². The first-order valence-corrected chi connectivity index (χ1v) is 4.67. The molecule has 66 valence electrons. The summed E-state index contributed by atoms with van der Waals surface area (Å²) in [5.74, 6) is 0. The number of nitrogens with one attached hydrogen (secondary N) is 1. The van der Waals surface area contributed by atoms with Gasteiger partial charge in [0.05, 0.1) is 0 Å². The average Bonchev–Trinajstić information content (AvgIpc) is 1.96. The predicted octanol–water partition coefficient (Wildman–Crippen LogP) is 2.56. The topological polar surface area (TPSA) is 12.0 Å². The summed E-state index contributed by atoms with van der Waals surface area (Å²) >= 11 is 5.78. The zero-order chi connectivity index (χ0) is 8.53. The van der Waals surface area contributed by atoms with Crippen LogP contribution in [0.1, 0.15) is 26.7 Å². The first kappa shape index (κ1) is 11.0. The Morgan fingerprint density at radius 3 is 2.82 bits per heavy atom. The molecular formula is C9H18ClN. The predicted molar refractivity (Wildman–Crippen MR) is 52.2 cm³/mol. The highest BCUT2D eigenvalue weighted by Gasteiger charge is 1.93. The lowest BCUT2D eigenvalue weighted by atomic mass is 10.2. The van der Waals surface area contributed by atoms with Crippen molar-refractivity contribution in [2.75, 3.05) is 13.1 Å². The van der Waals surface area contributed by atoms with E-state index in [4.69, 9.17) is 11.6 Å². The van der Waals surface area contributed by atoms with Gasteiger partial charge in [0.25, 0.3) is 0 Å². The van der Waals surface area contributed by atoms with Crippen molar-refractivity contribution in [1.82, 2.24) is 5.32 Å². The molecule has 1 N–H and O–H groups in total. The van der Waals surface area contributed by atoms with Gasteiger partial charge >= 0.3 is 0 Å². The van der Waals surface area contributed by atoms with Gasteiger partial charge in [0.1, 0.15) is 0 Å². The minimum Gasteiger partial charge on any atom is -0.313 e. The fourth-order valence-corrected chi connectivity index (χ4v) is 0.966. The molecule has 0 rings (SSSR count). The largest absolute Gasteiger partial charge is 0.313 e. The molecule has 0 saturated heterocycles. The zero-order valence-corrected chi connectivity index (χ0v) is 8.19. The van der Waals surface area contributed by atoms with E-state index in [1.165, 1.54) is 6.42 Å². The third-order valence-corrected chi connectivity index (χ3v) is 1.67. The number of hydrogen-bond acceptors (Lipinski definition) is 1. The van der Waals surface area contributed by atoms with Crippen molar-refractivity contribution >= 4 is 11.6 Å². The van der Waals surface area contributed by atoms with E-state index in [1.54, 1.807) is 0 Å². The number of alkyl halides is 1. The second kappa shape index (κ2) is 8.09. The average molecular weight is 176 g/mol. The van der Waals surface area contributed by atoms with Crippen LogP contribution in [0.3, 0.4) is 0 Å². The van der Waals surface area contributed by atoms with Crippen molar-refractivity contribution in [1.29, 1.82) is 0 Å². The molecule has 0 aromatic heterocycles. The van der Waals surface area contributed by atoms with E-state index in [0.717, 1.165) is 19.5 Å². The Morgan fingerprint density at radius 2 is 2.27 bits per heavy atom. The highest BCUT2D eigenvalue weighted by atomic mass is 35.5. The molecule has 0 aliphatic rings. The molecule has 1 atom stereocenters. The van der Waals surface area contributed by atoms with E-state index in [9.17, 15) is 0 Å².